The smallest absolute Gasteiger partial charge is 0.416 e. The van der Waals surface area contributed by atoms with E-state index in [4.69, 9.17) is 9.47 Å². The number of para-hydroxylation sites is 1. The Morgan fingerprint density at radius 1 is 1.03 bits per heavy atom. The summed E-state index contributed by atoms with van der Waals surface area (Å²) in [6, 6.07) is 19.0. The topological polar surface area (TPSA) is 54.6 Å². The van der Waals surface area contributed by atoms with Gasteiger partial charge in [-0.1, -0.05) is 30.3 Å². The fourth-order valence-electron chi connectivity index (χ4n) is 4.85. The molecule has 2 heterocycles. The van der Waals surface area contributed by atoms with Gasteiger partial charge in [0.1, 0.15) is 11.5 Å². The largest absolute Gasteiger partial charge is 0.497 e. The van der Waals surface area contributed by atoms with Crippen molar-refractivity contribution in [2.45, 2.75) is 31.7 Å². The van der Waals surface area contributed by atoms with Gasteiger partial charge in [0.05, 0.1) is 18.7 Å². The van der Waals surface area contributed by atoms with Crippen molar-refractivity contribution >= 4 is 16.8 Å². The van der Waals surface area contributed by atoms with E-state index in [-0.39, 0.29) is 5.91 Å². The van der Waals surface area contributed by atoms with Gasteiger partial charge in [0.15, 0.2) is 6.10 Å². The molecule has 186 valence electrons. The minimum Gasteiger partial charge on any atom is -0.497 e. The van der Waals surface area contributed by atoms with Crippen LogP contribution < -0.4 is 9.47 Å². The van der Waals surface area contributed by atoms with E-state index in [1.165, 1.54) is 6.07 Å². The highest BCUT2D eigenvalue weighted by molar-refractivity contribution is 5.88. The molecule has 36 heavy (non-hydrogen) atoms. The van der Waals surface area contributed by atoms with Gasteiger partial charge in [-0.25, -0.2) is 0 Å². The lowest BCUT2D eigenvalue weighted by molar-refractivity contribution is -0.140. The number of halogens is 3. The first-order valence-corrected chi connectivity index (χ1v) is 11.6. The van der Waals surface area contributed by atoms with Crippen molar-refractivity contribution in [3.05, 3.63) is 95.2 Å². The molecule has 3 aromatic carbocycles. The van der Waals surface area contributed by atoms with Crippen LogP contribution in [0.15, 0.2) is 72.8 Å². The summed E-state index contributed by atoms with van der Waals surface area (Å²) in [5, 5.41) is 0.932. The number of hydrogen-bond acceptors (Lipinski definition) is 3. The number of nitrogens with one attached hydrogen (secondary N) is 1. The van der Waals surface area contributed by atoms with Gasteiger partial charge < -0.3 is 19.4 Å². The van der Waals surface area contributed by atoms with Gasteiger partial charge in [0.25, 0.3) is 5.91 Å². The molecule has 1 amide bonds. The Labute approximate surface area is 206 Å². The van der Waals surface area contributed by atoms with E-state index in [0.717, 1.165) is 28.6 Å². The zero-order valence-electron chi connectivity index (χ0n) is 19.8. The van der Waals surface area contributed by atoms with Crippen LogP contribution in [0.1, 0.15) is 35.3 Å². The Kier molecular flexibility index (Phi) is 6.12. The number of H-pyrrole nitrogens is 1. The van der Waals surface area contributed by atoms with Crippen molar-refractivity contribution in [2.75, 3.05) is 13.7 Å². The molecule has 0 bridgehead atoms. The first-order valence-electron chi connectivity index (χ1n) is 11.6. The van der Waals surface area contributed by atoms with Crippen molar-refractivity contribution in [1.29, 1.82) is 0 Å². The molecule has 1 N–H and O–H groups in total. The molecule has 4 aromatic rings. The number of fused-ring (bicyclic) bond motifs is 3. The van der Waals surface area contributed by atoms with E-state index in [1.54, 1.807) is 37.1 Å². The lowest BCUT2D eigenvalue weighted by Gasteiger charge is -2.37. The summed E-state index contributed by atoms with van der Waals surface area (Å²) in [5.74, 6) is 0.927. The van der Waals surface area contributed by atoms with Crippen LogP contribution in [0.4, 0.5) is 13.2 Å². The number of ether oxygens (including phenoxy) is 2. The number of carbonyl (C=O) groups is 1. The predicted molar refractivity (Wildman–Crippen MR) is 130 cm³/mol. The predicted octanol–water partition coefficient (Wildman–Crippen LogP) is 6.14. The second-order valence-corrected chi connectivity index (χ2v) is 8.81. The van der Waals surface area contributed by atoms with Crippen molar-refractivity contribution in [3.8, 4) is 11.5 Å². The zero-order chi connectivity index (χ0) is 25.4. The number of carbonyl (C=O) groups excluding carboxylic acids is 1. The van der Waals surface area contributed by atoms with Crippen molar-refractivity contribution in [1.82, 2.24) is 9.88 Å². The molecule has 2 unspecified atom stereocenters. The molecule has 0 aliphatic carbocycles. The average molecular weight is 495 g/mol. The molecule has 0 saturated carbocycles. The van der Waals surface area contributed by atoms with Crippen LogP contribution >= 0.6 is 0 Å². The van der Waals surface area contributed by atoms with E-state index < -0.39 is 23.9 Å². The first kappa shape index (κ1) is 23.8. The van der Waals surface area contributed by atoms with Crippen molar-refractivity contribution < 1.29 is 27.4 Å². The third kappa shape index (κ3) is 4.39. The highest BCUT2D eigenvalue weighted by Crippen LogP contribution is 2.41. The van der Waals surface area contributed by atoms with E-state index in [2.05, 4.69) is 4.98 Å². The van der Waals surface area contributed by atoms with Crippen LogP contribution in [0.3, 0.4) is 0 Å². The fourth-order valence-corrected chi connectivity index (χ4v) is 4.85. The number of aromatic nitrogens is 1. The summed E-state index contributed by atoms with van der Waals surface area (Å²) in [4.78, 5) is 18.6. The van der Waals surface area contributed by atoms with Gasteiger partial charge in [-0.15, -0.1) is 0 Å². The molecule has 1 aliphatic heterocycles. The van der Waals surface area contributed by atoms with Gasteiger partial charge in [-0.2, -0.15) is 13.2 Å². The second kappa shape index (κ2) is 9.26. The Balaban J connectivity index is 1.59. The fraction of sp³-hybridized carbons (Fsp3) is 0.250. The molecule has 5 nitrogen and oxygen atoms in total. The van der Waals surface area contributed by atoms with E-state index in [1.807, 2.05) is 36.4 Å². The van der Waals surface area contributed by atoms with Crippen LogP contribution in [0.5, 0.6) is 11.5 Å². The lowest BCUT2D eigenvalue weighted by Crippen LogP contribution is -2.46. The third-order valence-electron chi connectivity index (χ3n) is 6.55. The van der Waals surface area contributed by atoms with Gasteiger partial charge in [0.2, 0.25) is 0 Å². The second-order valence-electron chi connectivity index (χ2n) is 8.81. The number of aromatic amines is 1. The number of nitrogens with zero attached hydrogens (tertiary/aromatic N) is 1. The zero-order valence-corrected chi connectivity index (χ0v) is 19.8. The maximum Gasteiger partial charge on any atom is 0.416 e. The Morgan fingerprint density at radius 3 is 2.53 bits per heavy atom. The number of methoxy groups -OCH3 is 1. The molecule has 0 saturated heterocycles. The van der Waals surface area contributed by atoms with Crippen LogP contribution in [0.2, 0.25) is 0 Å². The maximum atomic E-state index is 13.6. The number of rotatable bonds is 5. The molecule has 8 heteroatoms. The molecular formula is C28H25F3N2O3. The lowest BCUT2D eigenvalue weighted by atomic mass is 9.91. The molecule has 2 atom stereocenters. The Bertz CT molecular complexity index is 1400. The van der Waals surface area contributed by atoms with Crippen LogP contribution in [-0.2, 0) is 17.4 Å². The molecule has 1 aliphatic rings. The van der Waals surface area contributed by atoms with Crippen LogP contribution in [-0.4, -0.2) is 35.5 Å². The van der Waals surface area contributed by atoms with E-state index >= 15 is 0 Å². The molecule has 0 radical (unpaired) electrons. The van der Waals surface area contributed by atoms with Gasteiger partial charge >= 0.3 is 6.18 Å². The van der Waals surface area contributed by atoms with Crippen molar-refractivity contribution in [2.24, 2.45) is 0 Å². The van der Waals surface area contributed by atoms with Crippen LogP contribution in [0.25, 0.3) is 10.9 Å². The van der Waals surface area contributed by atoms with Gasteiger partial charge in [-0.3, -0.25) is 4.79 Å². The molecule has 1 aromatic heterocycles. The third-order valence-corrected chi connectivity index (χ3v) is 6.55. The molecule has 5 rings (SSSR count). The van der Waals surface area contributed by atoms with E-state index in [0.29, 0.717) is 35.7 Å². The summed E-state index contributed by atoms with van der Waals surface area (Å²) < 4.78 is 52.0. The maximum absolute atomic E-state index is 13.6. The minimum absolute atomic E-state index is 0.303. The van der Waals surface area contributed by atoms with Crippen molar-refractivity contribution in [3.63, 3.8) is 0 Å². The summed E-state index contributed by atoms with van der Waals surface area (Å²) in [6.45, 7) is 1.99. The van der Waals surface area contributed by atoms with E-state index in [9.17, 15) is 18.0 Å². The average Bonchev–Trinajstić information content (AvgIpc) is 3.25. The summed E-state index contributed by atoms with van der Waals surface area (Å²) >= 11 is 0. The van der Waals surface area contributed by atoms with Gasteiger partial charge in [0, 0.05) is 23.1 Å². The Hall–Kier alpha value is -3.94. The van der Waals surface area contributed by atoms with Gasteiger partial charge in [-0.05, 0) is 66.9 Å². The highest BCUT2D eigenvalue weighted by Gasteiger charge is 2.38. The highest BCUT2D eigenvalue weighted by atomic mass is 19.4. The summed E-state index contributed by atoms with van der Waals surface area (Å²) in [7, 11) is 1.58. The first-order chi connectivity index (χ1) is 17.3. The molecular weight excluding hydrogens is 469 g/mol. The number of benzene rings is 3. The standard InChI is InChI=1S/C28H25F3N2O3/c1-17(36-20-9-4-3-5-10-20)27(34)33-14-13-22-23-16-21(35-2)11-12-24(23)32-25(22)26(33)18-7-6-8-19(15-18)28(29,30)31/h3-12,15-17,26,32H,13-14H2,1-2H3. The SMILES string of the molecule is COc1ccc2[nH]c3c(c2c1)CCN(C(=O)C(C)Oc1ccccc1)C3c1cccc(C(F)(F)F)c1. The quantitative estimate of drug-likeness (QED) is 0.363. The monoisotopic (exact) mass is 494 g/mol. The van der Waals surface area contributed by atoms with Crippen LogP contribution in [0, 0.1) is 0 Å². The summed E-state index contributed by atoms with van der Waals surface area (Å²) in [5.41, 5.74) is 2.12. The molecule has 0 spiro atoms. The number of alkyl halides is 3. The Morgan fingerprint density at radius 2 is 1.81 bits per heavy atom. The minimum atomic E-state index is -4.50. The molecule has 0 fully saturated rings. The normalized spacial score (nSPS) is 16.5. The summed E-state index contributed by atoms with van der Waals surface area (Å²) in [6.07, 6.45) is -4.78. The number of amides is 1. The number of hydrogen-bond donors (Lipinski definition) is 1.